The number of nitrogens with one attached hydrogen (secondary N) is 1. The van der Waals surface area contributed by atoms with E-state index in [0.717, 1.165) is 12.0 Å². The maximum absolute atomic E-state index is 11.5. The number of carbonyl (C=O) groups excluding carboxylic acids is 1. The molecule has 110 valence electrons. The second-order valence-electron chi connectivity index (χ2n) is 5.52. The van der Waals surface area contributed by atoms with Gasteiger partial charge in [0.05, 0.1) is 0 Å². The molecule has 1 amide bonds. The third-order valence-electron chi connectivity index (χ3n) is 2.53. The summed E-state index contributed by atoms with van der Waals surface area (Å²) in [5.74, 6) is 0. The SMILES string of the molecule is CC(C)(C)OC(=O)NCC=Cc1ccccc1CCN. The number of hydrogen-bond donors (Lipinski definition) is 2. The predicted octanol–water partition coefficient (Wildman–Crippen LogP) is 2.73. The Morgan fingerprint density at radius 2 is 2.05 bits per heavy atom. The van der Waals surface area contributed by atoms with Crippen LogP contribution in [0.2, 0.25) is 0 Å². The molecule has 0 aliphatic carbocycles. The number of hydrogen-bond acceptors (Lipinski definition) is 3. The van der Waals surface area contributed by atoms with Gasteiger partial charge in [0.25, 0.3) is 0 Å². The second-order valence-corrected chi connectivity index (χ2v) is 5.52. The fourth-order valence-corrected chi connectivity index (χ4v) is 1.72. The molecule has 20 heavy (non-hydrogen) atoms. The molecule has 0 atom stereocenters. The summed E-state index contributed by atoms with van der Waals surface area (Å²) < 4.78 is 5.15. The van der Waals surface area contributed by atoms with E-state index in [2.05, 4.69) is 11.4 Å². The van der Waals surface area contributed by atoms with Crippen LogP contribution in [0.3, 0.4) is 0 Å². The quantitative estimate of drug-likeness (QED) is 0.869. The Balaban J connectivity index is 2.47. The van der Waals surface area contributed by atoms with Crippen LogP contribution in [-0.2, 0) is 11.2 Å². The Hall–Kier alpha value is -1.81. The molecule has 0 aromatic heterocycles. The maximum atomic E-state index is 11.5. The van der Waals surface area contributed by atoms with E-state index >= 15 is 0 Å². The molecule has 0 aliphatic rings. The first kappa shape index (κ1) is 16.2. The van der Waals surface area contributed by atoms with Crippen molar-refractivity contribution in [2.75, 3.05) is 13.1 Å². The van der Waals surface area contributed by atoms with Gasteiger partial charge >= 0.3 is 6.09 Å². The average molecular weight is 276 g/mol. The van der Waals surface area contributed by atoms with Gasteiger partial charge in [-0.25, -0.2) is 4.79 Å². The van der Waals surface area contributed by atoms with Gasteiger partial charge in [-0.1, -0.05) is 36.4 Å². The summed E-state index contributed by atoms with van der Waals surface area (Å²) in [6.45, 7) is 6.58. The molecule has 0 aliphatic heterocycles. The van der Waals surface area contributed by atoms with Crippen LogP contribution in [0.1, 0.15) is 31.9 Å². The third kappa shape index (κ3) is 6.38. The lowest BCUT2D eigenvalue weighted by atomic mass is 10.0. The third-order valence-corrected chi connectivity index (χ3v) is 2.53. The summed E-state index contributed by atoms with van der Waals surface area (Å²) >= 11 is 0. The number of nitrogens with two attached hydrogens (primary N) is 1. The van der Waals surface area contributed by atoms with Gasteiger partial charge in [0.2, 0.25) is 0 Å². The topological polar surface area (TPSA) is 64.3 Å². The minimum absolute atomic E-state index is 0.405. The molecule has 4 heteroatoms. The zero-order chi connectivity index (χ0) is 15.0. The van der Waals surface area contributed by atoms with E-state index in [1.165, 1.54) is 5.56 Å². The standard InChI is InChI=1S/C16H24N2O2/c1-16(2,3)20-15(19)18-12-6-9-13-7-4-5-8-14(13)10-11-17/h4-9H,10-12,17H2,1-3H3,(H,18,19). The lowest BCUT2D eigenvalue weighted by molar-refractivity contribution is 0.0534. The Labute approximate surface area is 121 Å². The van der Waals surface area contributed by atoms with Crippen LogP contribution in [0, 0.1) is 0 Å². The number of alkyl carbamates (subject to hydrolysis) is 1. The summed E-state index contributed by atoms with van der Waals surface area (Å²) in [6.07, 6.45) is 4.33. The van der Waals surface area contributed by atoms with Crippen LogP contribution in [0.15, 0.2) is 30.3 Å². The van der Waals surface area contributed by atoms with Crippen LogP contribution in [0.5, 0.6) is 0 Å². The summed E-state index contributed by atoms with van der Waals surface area (Å²) in [7, 11) is 0. The van der Waals surface area contributed by atoms with Crippen molar-refractivity contribution in [2.45, 2.75) is 32.8 Å². The highest BCUT2D eigenvalue weighted by molar-refractivity contribution is 5.68. The first-order chi connectivity index (χ1) is 9.42. The average Bonchev–Trinajstić information content (AvgIpc) is 2.34. The molecule has 1 aromatic rings. The second kappa shape index (κ2) is 7.70. The predicted molar refractivity (Wildman–Crippen MR) is 82.5 cm³/mol. The van der Waals surface area contributed by atoms with Crippen molar-refractivity contribution < 1.29 is 9.53 Å². The number of ether oxygens (including phenoxy) is 1. The summed E-state index contributed by atoms with van der Waals surface area (Å²) in [4.78, 5) is 11.5. The first-order valence-corrected chi connectivity index (χ1v) is 6.84. The van der Waals surface area contributed by atoms with Gasteiger partial charge in [0, 0.05) is 6.54 Å². The van der Waals surface area contributed by atoms with Crippen LogP contribution in [-0.4, -0.2) is 24.8 Å². The molecule has 0 unspecified atom stereocenters. The molecule has 0 heterocycles. The Morgan fingerprint density at radius 3 is 2.70 bits per heavy atom. The fourth-order valence-electron chi connectivity index (χ4n) is 1.72. The highest BCUT2D eigenvalue weighted by Gasteiger charge is 2.14. The molecule has 0 fully saturated rings. The van der Waals surface area contributed by atoms with Crippen molar-refractivity contribution in [1.29, 1.82) is 0 Å². The molecule has 3 N–H and O–H groups in total. The van der Waals surface area contributed by atoms with Gasteiger partial charge in [0.15, 0.2) is 0 Å². The minimum Gasteiger partial charge on any atom is -0.444 e. The Kier molecular flexibility index (Phi) is 6.25. The van der Waals surface area contributed by atoms with E-state index in [1.807, 2.05) is 51.1 Å². The lowest BCUT2D eigenvalue weighted by Gasteiger charge is -2.19. The van der Waals surface area contributed by atoms with Crippen molar-refractivity contribution in [3.63, 3.8) is 0 Å². The van der Waals surface area contributed by atoms with E-state index in [0.29, 0.717) is 13.1 Å². The zero-order valence-corrected chi connectivity index (χ0v) is 12.5. The zero-order valence-electron chi connectivity index (χ0n) is 12.5. The highest BCUT2D eigenvalue weighted by Crippen LogP contribution is 2.11. The Morgan fingerprint density at radius 1 is 1.35 bits per heavy atom. The Bertz CT molecular complexity index is 462. The van der Waals surface area contributed by atoms with Gasteiger partial charge < -0.3 is 15.8 Å². The summed E-state index contributed by atoms with van der Waals surface area (Å²) in [6, 6.07) is 8.09. The van der Waals surface area contributed by atoms with Crippen molar-refractivity contribution >= 4 is 12.2 Å². The van der Waals surface area contributed by atoms with E-state index in [9.17, 15) is 4.79 Å². The van der Waals surface area contributed by atoms with Crippen molar-refractivity contribution in [3.8, 4) is 0 Å². The number of carbonyl (C=O) groups is 1. The van der Waals surface area contributed by atoms with Crippen LogP contribution < -0.4 is 11.1 Å². The van der Waals surface area contributed by atoms with Crippen LogP contribution in [0.25, 0.3) is 6.08 Å². The largest absolute Gasteiger partial charge is 0.444 e. The number of rotatable bonds is 5. The number of amides is 1. The van der Waals surface area contributed by atoms with Gasteiger partial charge in [0.1, 0.15) is 5.60 Å². The lowest BCUT2D eigenvalue weighted by Crippen LogP contribution is -2.32. The van der Waals surface area contributed by atoms with Gasteiger partial charge in [-0.05, 0) is 44.9 Å². The minimum atomic E-state index is -0.471. The van der Waals surface area contributed by atoms with E-state index < -0.39 is 11.7 Å². The highest BCUT2D eigenvalue weighted by atomic mass is 16.6. The van der Waals surface area contributed by atoms with Gasteiger partial charge in [-0.2, -0.15) is 0 Å². The first-order valence-electron chi connectivity index (χ1n) is 6.84. The van der Waals surface area contributed by atoms with Crippen LogP contribution >= 0.6 is 0 Å². The van der Waals surface area contributed by atoms with Gasteiger partial charge in [-0.3, -0.25) is 0 Å². The van der Waals surface area contributed by atoms with Crippen LogP contribution in [0.4, 0.5) is 4.79 Å². The normalized spacial score (nSPS) is 11.6. The molecule has 0 saturated heterocycles. The fraction of sp³-hybridized carbons (Fsp3) is 0.438. The van der Waals surface area contributed by atoms with E-state index in [-0.39, 0.29) is 0 Å². The molecule has 0 radical (unpaired) electrons. The molecule has 0 bridgehead atoms. The summed E-state index contributed by atoms with van der Waals surface area (Å²) in [5, 5.41) is 2.69. The molecular formula is C16H24N2O2. The molecule has 0 spiro atoms. The van der Waals surface area contributed by atoms with Crippen molar-refractivity contribution in [2.24, 2.45) is 5.73 Å². The van der Waals surface area contributed by atoms with Crippen molar-refractivity contribution in [1.82, 2.24) is 5.32 Å². The molecule has 4 nitrogen and oxygen atoms in total. The van der Waals surface area contributed by atoms with Gasteiger partial charge in [-0.15, -0.1) is 0 Å². The van der Waals surface area contributed by atoms with Crippen molar-refractivity contribution in [3.05, 3.63) is 41.5 Å². The molecule has 1 rings (SSSR count). The monoisotopic (exact) mass is 276 g/mol. The molecule has 1 aromatic carbocycles. The molecule has 0 saturated carbocycles. The number of benzene rings is 1. The molecular weight excluding hydrogens is 252 g/mol. The summed E-state index contributed by atoms with van der Waals surface area (Å²) in [5.41, 5.74) is 7.45. The van der Waals surface area contributed by atoms with E-state index in [1.54, 1.807) is 0 Å². The maximum Gasteiger partial charge on any atom is 0.407 e. The van der Waals surface area contributed by atoms with E-state index in [4.69, 9.17) is 10.5 Å². The smallest absolute Gasteiger partial charge is 0.407 e.